The molecule has 1 fully saturated rings. The van der Waals surface area contributed by atoms with Gasteiger partial charge >= 0.3 is 6.18 Å². The van der Waals surface area contributed by atoms with Crippen LogP contribution in [0.3, 0.4) is 0 Å². The molecule has 1 saturated heterocycles. The molecule has 0 amide bonds. The average molecular weight is 297 g/mol. The minimum Gasteiger partial charge on any atom is -0.356 e. The second kappa shape index (κ2) is 5.34. The molecule has 0 bridgehead atoms. The predicted molar refractivity (Wildman–Crippen MR) is 69.7 cm³/mol. The molecule has 3 heterocycles. The van der Waals surface area contributed by atoms with Crippen LogP contribution in [-0.2, 0) is 6.18 Å². The monoisotopic (exact) mass is 297 g/mol. The number of halogens is 3. The number of hydrogen-bond donors (Lipinski definition) is 0. The smallest absolute Gasteiger partial charge is 0.356 e. The minimum absolute atomic E-state index is 0.0158. The zero-order valence-corrected chi connectivity index (χ0v) is 11.2. The molecule has 0 spiro atoms. The van der Waals surface area contributed by atoms with Crippen LogP contribution in [0, 0.1) is 0 Å². The number of hydrogen-bond acceptors (Lipinski definition) is 4. The largest absolute Gasteiger partial charge is 0.419 e. The Labute approximate surface area is 119 Å². The predicted octanol–water partition coefficient (Wildman–Crippen LogP) is 2.53. The Balaban J connectivity index is 1.76. The van der Waals surface area contributed by atoms with Crippen molar-refractivity contribution in [1.82, 2.24) is 20.0 Å². The molecule has 2 aromatic heterocycles. The molecule has 0 N–H and O–H groups in total. The van der Waals surface area contributed by atoms with E-state index < -0.39 is 11.7 Å². The molecular weight excluding hydrogens is 283 g/mol. The Morgan fingerprint density at radius 2 is 1.90 bits per heavy atom. The SMILES string of the molecule is FC(F)(F)c1cccnc1N1CCC(n2ccnn2)CC1. The van der Waals surface area contributed by atoms with Crippen molar-refractivity contribution < 1.29 is 13.2 Å². The van der Waals surface area contributed by atoms with Crippen molar-refractivity contribution in [3.8, 4) is 0 Å². The summed E-state index contributed by atoms with van der Waals surface area (Å²) in [5.41, 5.74) is -0.677. The van der Waals surface area contributed by atoms with Crippen LogP contribution in [0.5, 0.6) is 0 Å². The Bertz CT molecular complexity index is 588. The highest BCUT2D eigenvalue weighted by molar-refractivity contribution is 5.48. The first-order chi connectivity index (χ1) is 10.1. The third-order valence-corrected chi connectivity index (χ3v) is 3.67. The lowest BCUT2D eigenvalue weighted by atomic mass is 10.0. The van der Waals surface area contributed by atoms with Crippen molar-refractivity contribution in [2.45, 2.75) is 25.1 Å². The molecule has 0 atom stereocenters. The number of aromatic nitrogens is 4. The summed E-state index contributed by atoms with van der Waals surface area (Å²) < 4.78 is 40.8. The Morgan fingerprint density at radius 1 is 1.14 bits per heavy atom. The third kappa shape index (κ3) is 2.84. The molecule has 1 aliphatic heterocycles. The second-order valence-electron chi connectivity index (χ2n) is 4.97. The molecule has 0 aromatic carbocycles. The summed E-state index contributed by atoms with van der Waals surface area (Å²) in [5, 5.41) is 7.71. The van der Waals surface area contributed by atoms with Gasteiger partial charge in [0.25, 0.3) is 0 Å². The maximum absolute atomic E-state index is 13.0. The number of piperidine rings is 1. The van der Waals surface area contributed by atoms with Gasteiger partial charge in [0, 0.05) is 25.5 Å². The van der Waals surface area contributed by atoms with Crippen LogP contribution in [0.2, 0.25) is 0 Å². The fourth-order valence-corrected chi connectivity index (χ4v) is 2.62. The Morgan fingerprint density at radius 3 is 2.52 bits per heavy atom. The van der Waals surface area contributed by atoms with Gasteiger partial charge in [0.05, 0.1) is 17.8 Å². The van der Waals surface area contributed by atoms with E-state index in [0.29, 0.717) is 13.1 Å². The summed E-state index contributed by atoms with van der Waals surface area (Å²) in [5.74, 6) is 0.0158. The van der Waals surface area contributed by atoms with Crippen LogP contribution < -0.4 is 4.90 Å². The summed E-state index contributed by atoms with van der Waals surface area (Å²) in [4.78, 5) is 5.62. The van der Waals surface area contributed by atoms with Crippen LogP contribution in [0.4, 0.5) is 19.0 Å². The van der Waals surface area contributed by atoms with E-state index in [4.69, 9.17) is 0 Å². The molecule has 3 rings (SSSR count). The highest BCUT2D eigenvalue weighted by Crippen LogP contribution is 2.36. The fraction of sp³-hybridized carbons (Fsp3) is 0.462. The summed E-state index contributed by atoms with van der Waals surface area (Å²) in [6.45, 7) is 1.04. The number of nitrogens with zero attached hydrogens (tertiary/aromatic N) is 5. The lowest BCUT2D eigenvalue weighted by molar-refractivity contribution is -0.137. The van der Waals surface area contributed by atoms with E-state index in [1.165, 1.54) is 12.3 Å². The summed E-state index contributed by atoms with van der Waals surface area (Å²) >= 11 is 0. The summed E-state index contributed by atoms with van der Waals surface area (Å²) in [6.07, 6.45) is 1.84. The van der Waals surface area contributed by atoms with Crippen molar-refractivity contribution in [3.05, 3.63) is 36.3 Å². The zero-order valence-electron chi connectivity index (χ0n) is 11.2. The van der Waals surface area contributed by atoms with Crippen LogP contribution in [-0.4, -0.2) is 33.1 Å². The van der Waals surface area contributed by atoms with E-state index in [-0.39, 0.29) is 11.9 Å². The van der Waals surface area contributed by atoms with Crippen molar-refractivity contribution in [2.75, 3.05) is 18.0 Å². The van der Waals surface area contributed by atoms with Crippen molar-refractivity contribution in [1.29, 1.82) is 0 Å². The molecule has 0 aliphatic carbocycles. The minimum atomic E-state index is -4.38. The average Bonchev–Trinajstić information content (AvgIpc) is 3.01. The van der Waals surface area contributed by atoms with Gasteiger partial charge < -0.3 is 4.90 Å². The van der Waals surface area contributed by atoms with E-state index in [1.54, 1.807) is 22.0 Å². The van der Waals surface area contributed by atoms with E-state index in [9.17, 15) is 13.2 Å². The van der Waals surface area contributed by atoms with E-state index in [1.807, 2.05) is 0 Å². The fourth-order valence-electron chi connectivity index (χ4n) is 2.62. The van der Waals surface area contributed by atoms with Crippen LogP contribution >= 0.6 is 0 Å². The maximum atomic E-state index is 13.0. The topological polar surface area (TPSA) is 46.8 Å². The lowest BCUT2D eigenvalue weighted by Gasteiger charge is -2.33. The molecule has 2 aromatic rings. The van der Waals surface area contributed by atoms with Gasteiger partial charge in [0.1, 0.15) is 5.82 Å². The van der Waals surface area contributed by atoms with Crippen LogP contribution in [0.15, 0.2) is 30.7 Å². The molecule has 0 radical (unpaired) electrons. The van der Waals surface area contributed by atoms with Gasteiger partial charge in [0.2, 0.25) is 0 Å². The van der Waals surface area contributed by atoms with Gasteiger partial charge in [-0.2, -0.15) is 13.2 Å². The zero-order chi connectivity index (χ0) is 14.9. The molecule has 0 saturated carbocycles. The molecule has 0 unspecified atom stereocenters. The third-order valence-electron chi connectivity index (χ3n) is 3.67. The highest BCUT2D eigenvalue weighted by atomic mass is 19.4. The van der Waals surface area contributed by atoms with Crippen LogP contribution in [0.1, 0.15) is 24.4 Å². The number of rotatable bonds is 2. The van der Waals surface area contributed by atoms with E-state index >= 15 is 0 Å². The Kier molecular flexibility index (Phi) is 3.52. The highest BCUT2D eigenvalue weighted by Gasteiger charge is 2.36. The van der Waals surface area contributed by atoms with E-state index in [0.717, 1.165) is 18.9 Å². The van der Waals surface area contributed by atoms with Gasteiger partial charge in [-0.1, -0.05) is 5.21 Å². The van der Waals surface area contributed by atoms with E-state index in [2.05, 4.69) is 15.3 Å². The molecule has 5 nitrogen and oxygen atoms in total. The molecule has 112 valence electrons. The first kappa shape index (κ1) is 13.8. The molecular formula is C13H14F3N5. The van der Waals surface area contributed by atoms with Crippen molar-refractivity contribution in [2.24, 2.45) is 0 Å². The maximum Gasteiger partial charge on any atom is 0.419 e. The summed E-state index contributed by atoms with van der Waals surface area (Å²) in [7, 11) is 0. The van der Waals surface area contributed by atoms with Crippen molar-refractivity contribution >= 4 is 5.82 Å². The summed E-state index contributed by atoms with van der Waals surface area (Å²) in [6, 6.07) is 2.57. The van der Waals surface area contributed by atoms with Gasteiger partial charge in [-0.25, -0.2) is 9.67 Å². The normalized spacial score (nSPS) is 17.2. The number of pyridine rings is 1. The Hall–Kier alpha value is -2.12. The van der Waals surface area contributed by atoms with Gasteiger partial charge in [-0.05, 0) is 25.0 Å². The number of anilines is 1. The van der Waals surface area contributed by atoms with Crippen LogP contribution in [0.25, 0.3) is 0 Å². The number of alkyl halides is 3. The quantitative estimate of drug-likeness (QED) is 0.854. The molecule has 8 heteroatoms. The second-order valence-corrected chi connectivity index (χ2v) is 4.97. The lowest BCUT2D eigenvalue weighted by Crippen LogP contribution is -2.36. The van der Waals surface area contributed by atoms with Gasteiger partial charge in [0.15, 0.2) is 0 Å². The molecule has 21 heavy (non-hydrogen) atoms. The first-order valence-corrected chi connectivity index (χ1v) is 6.68. The van der Waals surface area contributed by atoms with Gasteiger partial charge in [-0.15, -0.1) is 5.10 Å². The van der Waals surface area contributed by atoms with Gasteiger partial charge in [-0.3, -0.25) is 0 Å². The first-order valence-electron chi connectivity index (χ1n) is 6.68. The molecule has 1 aliphatic rings. The standard InChI is InChI=1S/C13H14F3N5/c14-13(15,16)11-2-1-5-17-12(11)20-7-3-10(4-8-20)21-9-6-18-19-21/h1-2,5-6,9-10H,3-4,7-8H2. The van der Waals surface area contributed by atoms with Crippen molar-refractivity contribution in [3.63, 3.8) is 0 Å².